The topological polar surface area (TPSA) is 59.1 Å². The van der Waals surface area contributed by atoms with E-state index in [1.54, 1.807) is 0 Å². The third-order valence-electron chi connectivity index (χ3n) is 5.34. The van der Waals surface area contributed by atoms with Crippen LogP contribution in [0.4, 0.5) is 0 Å². The minimum atomic E-state index is -0.181. The van der Waals surface area contributed by atoms with Crippen LogP contribution < -0.4 is 0 Å². The molecule has 4 rings (SSSR count). The van der Waals surface area contributed by atoms with Gasteiger partial charge in [0.05, 0.1) is 37.3 Å². The summed E-state index contributed by atoms with van der Waals surface area (Å²) in [6.45, 7) is 4.95. The molecule has 0 aromatic rings. The maximum absolute atomic E-state index is 12.5. The van der Waals surface area contributed by atoms with E-state index in [0.717, 1.165) is 52.1 Å². The van der Waals surface area contributed by atoms with Crippen LogP contribution in [0.25, 0.3) is 0 Å². The van der Waals surface area contributed by atoms with Gasteiger partial charge in [0.1, 0.15) is 0 Å². The molecule has 2 bridgehead atoms. The number of fused-ring (bicyclic) bond motifs is 5. The fourth-order valence-electron chi connectivity index (χ4n) is 4.27. The van der Waals surface area contributed by atoms with Crippen molar-refractivity contribution in [3.8, 4) is 0 Å². The molecule has 0 N–H and O–H groups in total. The Bertz CT molecular complexity index is 421. The van der Waals surface area contributed by atoms with E-state index in [-0.39, 0.29) is 35.9 Å². The molecule has 4 saturated heterocycles. The minimum absolute atomic E-state index is 0.000642. The predicted octanol–water partition coefficient (Wildman–Crippen LogP) is -0.129. The molecule has 0 aromatic heterocycles. The van der Waals surface area contributed by atoms with Gasteiger partial charge in [-0.3, -0.25) is 19.4 Å². The van der Waals surface area contributed by atoms with Crippen LogP contribution in [0.15, 0.2) is 0 Å². The summed E-state index contributed by atoms with van der Waals surface area (Å²) in [5.41, 5.74) is 0. The first-order valence-electron chi connectivity index (χ1n) is 8.06. The Morgan fingerprint density at radius 3 is 2.19 bits per heavy atom. The number of hydrogen-bond acceptors (Lipinski definition) is 5. The highest BCUT2D eigenvalue weighted by atomic mass is 16.5. The maximum Gasteiger partial charge on any atom is 0.235 e. The van der Waals surface area contributed by atoms with Crippen LogP contribution in [0.5, 0.6) is 0 Å². The van der Waals surface area contributed by atoms with Gasteiger partial charge in [-0.15, -0.1) is 0 Å². The first kappa shape index (κ1) is 13.7. The predicted molar refractivity (Wildman–Crippen MR) is 73.5 cm³/mol. The van der Waals surface area contributed by atoms with Crippen molar-refractivity contribution in [1.29, 1.82) is 0 Å². The fourth-order valence-corrected chi connectivity index (χ4v) is 4.27. The lowest BCUT2D eigenvalue weighted by Crippen LogP contribution is -2.40. The van der Waals surface area contributed by atoms with Crippen LogP contribution in [-0.4, -0.2) is 73.2 Å². The highest BCUT2D eigenvalue weighted by molar-refractivity contribution is 6.06. The van der Waals surface area contributed by atoms with Gasteiger partial charge in [-0.1, -0.05) is 0 Å². The summed E-state index contributed by atoms with van der Waals surface area (Å²) < 4.78 is 11.1. The second kappa shape index (κ2) is 5.34. The molecule has 4 heterocycles. The number of nitrogens with zero attached hydrogens (tertiary/aromatic N) is 2. The summed E-state index contributed by atoms with van der Waals surface area (Å²) >= 11 is 0. The van der Waals surface area contributed by atoms with E-state index in [1.807, 2.05) is 0 Å². The van der Waals surface area contributed by atoms with Crippen LogP contribution in [-0.2, 0) is 19.1 Å². The Kier molecular flexibility index (Phi) is 3.47. The number of likely N-dealkylation sites (tertiary alicyclic amines) is 1. The second-order valence-electron chi connectivity index (χ2n) is 6.48. The van der Waals surface area contributed by atoms with Gasteiger partial charge in [0.15, 0.2) is 0 Å². The molecule has 0 saturated carbocycles. The zero-order chi connectivity index (χ0) is 14.4. The zero-order valence-electron chi connectivity index (χ0n) is 12.2. The van der Waals surface area contributed by atoms with Gasteiger partial charge in [0.2, 0.25) is 11.8 Å². The van der Waals surface area contributed by atoms with Gasteiger partial charge in [0, 0.05) is 26.2 Å². The van der Waals surface area contributed by atoms with Gasteiger partial charge < -0.3 is 9.47 Å². The molecule has 0 aliphatic carbocycles. The van der Waals surface area contributed by atoms with Crippen molar-refractivity contribution in [2.75, 3.05) is 39.4 Å². The van der Waals surface area contributed by atoms with Crippen molar-refractivity contribution < 1.29 is 19.1 Å². The first-order chi connectivity index (χ1) is 10.3. The van der Waals surface area contributed by atoms with Crippen LogP contribution in [0.1, 0.15) is 19.3 Å². The van der Waals surface area contributed by atoms with Crippen molar-refractivity contribution in [2.45, 2.75) is 31.5 Å². The summed E-state index contributed by atoms with van der Waals surface area (Å²) in [6, 6.07) is 0. The molecule has 116 valence electrons. The number of rotatable bonds is 4. The minimum Gasteiger partial charge on any atom is -0.379 e. The molecule has 4 aliphatic heterocycles. The highest BCUT2D eigenvalue weighted by Gasteiger charge is 2.62. The highest BCUT2D eigenvalue weighted by Crippen LogP contribution is 2.48. The van der Waals surface area contributed by atoms with Crippen molar-refractivity contribution in [1.82, 2.24) is 9.80 Å². The monoisotopic (exact) mass is 294 g/mol. The number of amides is 2. The summed E-state index contributed by atoms with van der Waals surface area (Å²) in [7, 11) is 0. The van der Waals surface area contributed by atoms with Crippen molar-refractivity contribution in [3.63, 3.8) is 0 Å². The average Bonchev–Trinajstić information content (AvgIpc) is 3.17. The summed E-state index contributed by atoms with van der Waals surface area (Å²) in [4.78, 5) is 28.8. The normalized spacial score (nSPS) is 39.3. The van der Waals surface area contributed by atoms with Crippen LogP contribution >= 0.6 is 0 Å². The molecular weight excluding hydrogens is 272 g/mol. The number of ether oxygens (including phenoxy) is 2. The van der Waals surface area contributed by atoms with E-state index in [4.69, 9.17) is 9.47 Å². The van der Waals surface area contributed by atoms with Gasteiger partial charge in [0.25, 0.3) is 0 Å². The lowest BCUT2D eigenvalue weighted by atomic mass is 9.81. The molecule has 4 aliphatic rings. The number of imide groups is 1. The molecule has 6 nitrogen and oxygen atoms in total. The molecule has 4 fully saturated rings. The maximum atomic E-state index is 12.5. The lowest BCUT2D eigenvalue weighted by Gasteiger charge is -2.27. The summed E-state index contributed by atoms with van der Waals surface area (Å²) in [6.07, 6.45) is 2.73. The van der Waals surface area contributed by atoms with Gasteiger partial charge in [-0.2, -0.15) is 0 Å². The second-order valence-corrected chi connectivity index (χ2v) is 6.48. The third kappa shape index (κ3) is 2.20. The summed E-state index contributed by atoms with van der Waals surface area (Å²) in [5.74, 6) is -0.336. The Labute approximate surface area is 124 Å². The van der Waals surface area contributed by atoms with Crippen LogP contribution in [0.3, 0.4) is 0 Å². The van der Waals surface area contributed by atoms with E-state index in [2.05, 4.69) is 4.90 Å². The fraction of sp³-hybridized carbons (Fsp3) is 0.867. The molecule has 6 heteroatoms. The number of morpholine rings is 1. The Morgan fingerprint density at radius 2 is 1.57 bits per heavy atom. The zero-order valence-corrected chi connectivity index (χ0v) is 12.2. The number of carbonyl (C=O) groups is 2. The largest absolute Gasteiger partial charge is 0.379 e. The lowest BCUT2D eigenvalue weighted by molar-refractivity contribution is -0.142. The molecule has 21 heavy (non-hydrogen) atoms. The van der Waals surface area contributed by atoms with Crippen molar-refractivity contribution in [2.24, 2.45) is 11.8 Å². The van der Waals surface area contributed by atoms with Crippen LogP contribution in [0.2, 0.25) is 0 Å². The average molecular weight is 294 g/mol. The van der Waals surface area contributed by atoms with E-state index in [0.29, 0.717) is 6.54 Å². The Balaban J connectivity index is 1.33. The smallest absolute Gasteiger partial charge is 0.235 e. The van der Waals surface area contributed by atoms with Crippen molar-refractivity contribution in [3.05, 3.63) is 0 Å². The van der Waals surface area contributed by atoms with E-state index in [9.17, 15) is 9.59 Å². The van der Waals surface area contributed by atoms with Gasteiger partial charge in [-0.25, -0.2) is 0 Å². The number of hydrogen-bond donors (Lipinski definition) is 0. The van der Waals surface area contributed by atoms with E-state index < -0.39 is 0 Å². The van der Waals surface area contributed by atoms with Crippen LogP contribution in [0, 0.1) is 11.8 Å². The Morgan fingerprint density at radius 1 is 0.952 bits per heavy atom. The van der Waals surface area contributed by atoms with Crippen molar-refractivity contribution >= 4 is 11.8 Å². The SMILES string of the molecule is O=C1C2C(C(=O)N1CCCN1CCOCC1)[C@H]1CC[C@H]2O1. The molecule has 2 amide bonds. The first-order valence-corrected chi connectivity index (χ1v) is 8.06. The Hall–Kier alpha value is -0.980. The standard InChI is InChI=1S/C15H22N2O4/c18-14-12-10-2-3-11(21-10)13(12)15(19)17(14)5-1-4-16-6-8-20-9-7-16/h10-13H,1-9H2/t10-,11-,12?,13?/m1/s1. The molecule has 4 atom stereocenters. The number of carbonyl (C=O) groups excluding carboxylic acids is 2. The quantitative estimate of drug-likeness (QED) is 0.676. The van der Waals surface area contributed by atoms with E-state index >= 15 is 0 Å². The van der Waals surface area contributed by atoms with Gasteiger partial charge in [-0.05, 0) is 19.3 Å². The molecular formula is C15H22N2O4. The molecule has 0 radical (unpaired) electrons. The molecule has 0 spiro atoms. The summed E-state index contributed by atoms with van der Waals surface area (Å²) in [5, 5.41) is 0. The molecule has 0 aromatic carbocycles. The third-order valence-corrected chi connectivity index (χ3v) is 5.34. The van der Waals surface area contributed by atoms with Gasteiger partial charge >= 0.3 is 0 Å². The van der Waals surface area contributed by atoms with E-state index in [1.165, 1.54) is 4.90 Å². The molecule has 2 unspecified atom stereocenters.